The zero-order chi connectivity index (χ0) is 17.3. The molecule has 3 rings (SSSR count). The number of anilines is 1. The summed E-state index contributed by atoms with van der Waals surface area (Å²) >= 11 is 0. The number of hydrogen-bond donors (Lipinski definition) is 3. The smallest absolute Gasteiger partial charge is 0.255 e. The second-order valence-electron chi connectivity index (χ2n) is 7.02. The van der Waals surface area contributed by atoms with Crippen LogP contribution in [-0.4, -0.2) is 15.9 Å². The first-order chi connectivity index (χ1) is 11.4. The molecule has 5 nitrogen and oxygen atoms in total. The first-order valence-electron chi connectivity index (χ1n) is 7.95. The highest BCUT2D eigenvalue weighted by Gasteiger charge is 2.22. The van der Waals surface area contributed by atoms with Gasteiger partial charge in [-0.3, -0.25) is 4.79 Å². The number of nitrogens with two attached hydrogens (primary N) is 1. The largest absolute Gasteiger partial charge is 0.346 e. The van der Waals surface area contributed by atoms with E-state index in [9.17, 15) is 4.79 Å². The first-order valence-corrected chi connectivity index (χ1v) is 7.95. The molecule has 124 valence electrons. The molecular weight excluding hydrogens is 300 g/mol. The minimum Gasteiger partial charge on any atom is -0.346 e. The van der Waals surface area contributed by atoms with Crippen LogP contribution in [0.5, 0.6) is 0 Å². The van der Waals surface area contributed by atoms with E-state index < -0.39 is 0 Å². The summed E-state index contributed by atoms with van der Waals surface area (Å²) < 4.78 is 0. The number of nitrogens with one attached hydrogen (secondary N) is 2. The minimum atomic E-state index is -0.153. The lowest BCUT2D eigenvalue weighted by Gasteiger charge is -2.27. The molecule has 1 atom stereocenters. The Hall–Kier alpha value is -2.66. The zero-order valence-corrected chi connectivity index (χ0v) is 14.1. The molecule has 5 heteroatoms. The molecule has 24 heavy (non-hydrogen) atoms. The average molecular weight is 322 g/mol. The summed E-state index contributed by atoms with van der Waals surface area (Å²) in [7, 11) is 0. The Labute approximate surface area is 141 Å². The van der Waals surface area contributed by atoms with Gasteiger partial charge >= 0.3 is 0 Å². The second kappa shape index (κ2) is 6.09. The number of pyridine rings is 1. The van der Waals surface area contributed by atoms with Crippen molar-refractivity contribution in [3.8, 4) is 0 Å². The van der Waals surface area contributed by atoms with Crippen LogP contribution < -0.4 is 11.1 Å². The lowest BCUT2D eigenvalue weighted by Crippen LogP contribution is -2.26. The van der Waals surface area contributed by atoms with Gasteiger partial charge in [-0.15, -0.1) is 0 Å². The van der Waals surface area contributed by atoms with E-state index >= 15 is 0 Å². The molecule has 0 aliphatic carbocycles. The van der Waals surface area contributed by atoms with Crippen LogP contribution in [0.4, 0.5) is 5.69 Å². The third-order valence-corrected chi connectivity index (χ3v) is 4.17. The fourth-order valence-electron chi connectivity index (χ4n) is 2.61. The van der Waals surface area contributed by atoms with Crippen LogP contribution in [0.15, 0.2) is 48.8 Å². The lowest BCUT2D eigenvalue weighted by atomic mass is 9.83. The summed E-state index contributed by atoms with van der Waals surface area (Å²) in [6.07, 6.45) is 3.47. The fraction of sp³-hybridized carbons (Fsp3) is 0.263. The number of aromatic nitrogens is 2. The van der Waals surface area contributed by atoms with Crippen LogP contribution in [0.25, 0.3) is 11.0 Å². The quantitative estimate of drug-likeness (QED) is 0.684. The Bertz CT molecular complexity index is 859. The van der Waals surface area contributed by atoms with E-state index in [1.807, 2.05) is 30.3 Å². The summed E-state index contributed by atoms with van der Waals surface area (Å²) in [5.74, 6) is -0.153. The summed E-state index contributed by atoms with van der Waals surface area (Å²) in [6.45, 7) is 6.30. The van der Waals surface area contributed by atoms with Crippen LogP contribution in [-0.2, 0) is 0 Å². The Balaban J connectivity index is 1.80. The molecule has 4 N–H and O–H groups in total. The summed E-state index contributed by atoms with van der Waals surface area (Å²) in [4.78, 5) is 19.7. The van der Waals surface area contributed by atoms with E-state index in [0.717, 1.165) is 22.3 Å². The molecule has 0 bridgehead atoms. The first kappa shape index (κ1) is 16.2. The molecule has 3 aromatic rings. The van der Waals surface area contributed by atoms with Crippen LogP contribution >= 0.6 is 0 Å². The van der Waals surface area contributed by atoms with Gasteiger partial charge in [-0.25, -0.2) is 4.98 Å². The predicted octanol–water partition coefficient (Wildman–Crippen LogP) is 3.86. The Morgan fingerprint density at radius 3 is 2.54 bits per heavy atom. The van der Waals surface area contributed by atoms with Crippen molar-refractivity contribution >= 4 is 22.6 Å². The van der Waals surface area contributed by atoms with E-state index in [-0.39, 0.29) is 17.4 Å². The number of aromatic amines is 1. The molecule has 0 aliphatic rings. The van der Waals surface area contributed by atoms with Gasteiger partial charge in [-0.1, -0.05) is 32.9 Å². The van der Waals surface area contributed by atoms with Gasteiger partial charge in [0.25, 0.3) is 5.91 Å². The third-order valence-electron chi connectivity index (χ3n) is 4.17. The van der Waals surface area contributed by atoms with E-state index in [1.54, 1.807) is 18.5 Å². The molecule has 1 amide bonds. The van der Waals surface area contributed by atoms with Crippen molar-refractivity contribution in [1.82, 2.24) is 9.97 Å². The van der Waals surface area contributed by atoms with Gasteiger partial charge in [0.2, 0.25) is 0 Å². The van der Waals surface area contributed by atoms with Crippen molar-refractivity contribution in [2.45, 2.75) is 26.8 Å². The van der Waals surface area contributed by atoms with Gasteiger partial charge in [-0.05, 0) is 35.2 Å². The highest BCUT2D eigenvalue weighted by Crippen LogP contribution is 2.30. The zero-order valence-electron chi connectivity index (χ0n) is 14.1. The summed E-state index contributed by atoms with van der Waals surface area (Å²) in [5.41, 5.74) is 9.34. The number of H-pyrrole nitrogens is 1. The molecule has 0 saturated carbocycles. The molecule has 2 aromatic heterocycles. The number of benzene rings is 1. The van der Waals surface area contributed by atoms with Gasteiger partial charge in [0.05, 0.1) is 5.69 Å². The van der Waals surface area contributed by atoms with Crippen molar-refractivity contribution in [1.29, 1.82) is 0 Å². The summed E-state index contributed by atoms with van der Waals surface area (Å²) in [5, 5.41) is 3.82. The average Bonchev–Trinajstić information content (AvgIpc) is 3.03. The summed E-state index contributed by atoms with van der Waals surface area (Å²) in [6, 6.07) is 11.1. The van der Waals surface area contributed by atoms with Gasteiger partial charge in [0, 0.05) is 29.4 Å². The maximum atomic E-state index is 12.5. The monoisotopic (exact) mass is 322 g/mol. The lowest BCUT2D eigenvalue weighted by molar-refractivity contribution is 0.102. The molecule has 1 aromatic carbocycles. The Kier molecular flexibility index (Phi) is 4.11. The number of hydrogen-bond acceptors (Lipinski definition) is 3. The predicted molar refractivity (Wildman–Crippen MR) is 96.9 cm³/mol. The fourth-order valence-corrected chi connectivity index (χ4v) is 2.61. The maximum Gasteiger partial charge on any atom is 0.255 e. The van der Waals surface area contributed by atoms with Crippen molar-refractivity contribution in [2.75, 3.05) is 5.32 Å². The molecule has 0 aliphatic heterocycles. The van der Waals surface area contributed by atoms with Gasteiger partial charge in [-0.2, -0.15) is 0 Å². The maximum absolute atomic E-state index is 12.5. The van der Waals surface area contributed by atoms with E-state index in [0.29, 0.717) is 5.56 Å². The highest BCUT2D eigenvalue weighted by molar-refractivity contribution is 6.08. The normalized spacial score (nSPS) is 13.0. The Morgan fingerprint density at radius 2 is 1.88 bits per heavy atom. The number of nitrogens with zero attached hydrogens (tertiary/aromatic N) is 1. The van der Waals surface area contributed by atoms with Crippen LogP contribution in [0, 0.1) is 5.41 Å². The van der Waals surface area contributed by atoms with Crippen molar-refractivity contribution in [3.05, 3.63) is 59.9 Å². The third kappa shape index (κ3) is 3.16. The van der Waals surface area contributed by atoms with E-state index in [1.165, 1.54) is 0 Å². The topological polar surface area (TPSA) is 83.8 Å². The number of rotatable bonds is 3. The van der Waals surface area contributed by atoms with E-state index in [4.69, 9.17) is 5.73 Å². The Morgan fingerprint density at radius 1 is 1.17 bits per heavy atom. The standard InChI is InChI=1S/C19H22N4O/c1-19(2,3)16(20)12-4-6-13(7-5-12)18(24)23-15-9-11-22-17-14(15)8-10-21-17/h4-11,16H,20H2,1-3H3,(H2,21,22,23,24). The highest BCUT2D eigenvalue weighted by atomic mass is 16.1. The van der Waals surface area contributed by atoms with Gasteiger partial charge in [0.1, 0.15) is 5.65 Å². The molecule has 0 fully saturated rings. The number of carbonyl (C=O) groups excluding carboxylic acids is 1. The van der Waals surface area contributed by atoms with Crippen molar-refractivity contribution < 1.29 is 4.79 Å². The van der Waals surface area contributed by atoms with Crippen molar-refractivity contribution in [2.24, 2.45) is 11.1 Å². The van der Waals surface area contributed by atoms with Gasteiger partial charge < -0.3 is 16.0 Å². The molecule has 1 unspecified atom stereocenters. The second-order valence-corrected chi connectivity index (χ2v) is 7.02. The molecule has 0 spiro atoms. The van der Waals surface area contributed by atoms with E-state index in [2.05, 4.69) is 36.1 Å². The number of carbonyl (C=O) groups is 1. The molecular formula is C19H22N4O. The molecule has 2 heterocycles. The number of fused-ring (bicyclic) bond motifs is 1. The number of amides is 1. The van der Waals surface area contributed by atoms with Gasteiger partial charge in [0.15, 0.2) is 0 Å². The molecule has 0 saturated heterocycles. The van der Waals surface area contributed by atoms with Crippen LogP contribution in [0.1, 0.15) is 42.7 Å². The minimum absolute atomic E-state index is 0.0271. The molecule has 0 radical (unpaired) electrons. The van der Waals surface area contributed by atoms with Crippen LogP contribution in [0.2, 0.25) is 0 Å². The van der Waals surface area contributed by atoms with Crippen molar-refractivity contribution in [3.63, 3.8) is 0 Å². The SMILES string of the molecule is CC(C)(C)C(N)c1ccc(C(=O)Nc2ccnc3[nH]ccc23)cc1. The van der Waals surface area contributed by atoms with Crippen LogP contribution in [0.3, 0.4) is 0 Å².